The summed E-state index contributed by atoms with van der Waals surface area (Å²) in [7, 11) is -0.410. The first-order chi connectivity index (χ1) is 10.8. The van der Waals surface area contributed by atoms with Gasteiger partial charge in [-0.05, 0) is 49.2 Å². The third kappa shape index (κ3) is 3.94. The summed E-state index contributed by atoms with van der Waals surface area (Å²) in [4.78, 5) is 0.342. The lowest BCUT2D eigenvalue weighted by molar-refractivity contribution is 0.398. The van der Waals surface area contributed by atoms with Crippen LogP contribution in [0.2, 0.25) is 0 Å². The van der Waals surface area contributed by atoms with Crippen molar-refractivity contribution in [2.24, 2.45) is 0 Å². The molecular formula is C17H20BrNO3S. The van der Waals surface area contributed by atoms with Gasteiger partial charge in [0.1, 0.15) is 5.75 Å². The maximum atomic E-state index is 12.9. The van der Waals surface area contributed by atoms with Gasteiger partial charge in [0, 0.05) is 23.6 Å². The van der Waals surface area contributed by atoms with Crippen molar-refractivity contribution in [3.63, 3.8) is 0 Å². The third-order valence-electron chi connectivity index (χ3n) is 3.67. The lowest BCUT2D eigenvalue weighted by atomic mass is 10.2. The number of ether oxygens (including phenoxy) is 1. The zero-order valence-corrected chi connectivity index (χ0v) is 16.0. The molecule has 0 radical (unpaired) electrons. The van der Waals surface area contributed by atoms with Gasteiger partial charge in [0.15, 0.2) is 0 Å². The minimum Gasteiger partial charge on any atom is -0.496 e. The summed E-state index contributed by atoms with van der Waals surface area (Å²) in [5.74, 6) is 0.663. The van der Waals surface area contributed by atoms with Crippen LogP contribution >= 0.6 is 15.9 Å². The molecule has 0 spiro atoms. The van der Waals surface area contributed by atoms with E-state index in [1.54, 1.807) is 27.1 Å². The minimum absolute atomic E-state index is 0.234. The highest BCUT2D eigenvalue weighted by atomic mass is 79.9. The molecule has 0 aliphatic carbocycles. The van der Waals surface area contributed by atoms with E-state index in [0.29, 0.717) is 10.6 Å². The van der Waals surface area contributed by atoms with Crippen LogP contribution in [0.1, 0.15) is 16.7 Å². The van der Waals surface area contributed by atoms with E-state index < -0.39 is 10.0 Å². The summed E-state index contributed by atoms with van der Waals surface area (Å²) in [6.45, 7) is 3.92. The number of aryl methyl sites for hydroxylation is 2. The van der Waals surface area contributed by atoms with Crippen molar-refractivity contribution in [1.82, 2.24) is 4.31 Å². The first-order valence-electron chi connectivity index (χ1n) is 7.11. The zero-order valence-electron chi connectivity index (χ0n) is 13.6. The van der Waals surface area contributed by atoms with Crippen molar-refractivity contribution in [3.05, 3.63) is 57.6 Å². The fraction of sp³-hybridized carbons (Fsp3) is 0.294. The summed E-state index contributed by atoms with van der Waals surface area (Å²) in [6, 6.07) is 11.0. The Balaban J connectivity index is 2.38. The molecule has 0 heterocycles. The summed E-state index contributed by atoms with van der Waals surface area (Å²) in [5, 5.41) is 0. The smallest absolute Gasteiger partial charge is 0.243 e. The van der Waals surface area contributed by atoms with E-state index in [1.165, 1.54) is 4.31 Å². The Kier molecular flexibility index (Phi) is 5.49. The molecule has 0 fully saturated rings. The zero-order chi connectivity index (χ0) is 17.2. The number of benzene rings is 2. The molecule has 0 saturated carbocycles. The average Bonchev–Trinajstić information content (AvgIpc) is 2.49. The van der Waals surface area contributed by atoms with Crippen LogP contribution in [-0.4, -0.2) is 26.9 Å². The van der Waals surface area contributed by atoms with Crippen LogP contribution in [0.3, 0.4) is 0 Å². The predicted octanol–water partition coefficient (Wildman–Crippen LogP) is 3.90. The van der Waals surface area contributed by atoms with E-state index >= 15 is 0 Å². The van der Waals surface area contributed by atoms with E-state index in [9.17, 15) is 8.42 Å². The summed E-state index contributed by atoms with van der Waals surface area (Å²) < 4.78 is 33.3. The number of nitrogens with zero attached hydrogens (tertiary/aromatic N) is 1. The Morgan fingerprint density at radius 2 is 1.83 bits per heavy atom. The van der Waals surface area contributed by atoms with E-state index in [4.69, 9.17) is 4.74 Å². The molecule has 2 aromatic rings. The molecule has 0 aliphatic heterocycles. The van der Waals surface area contributed by atoms with Gasteiger partial charge >= 0.3 is 0 Å². The predicted molar refractivity (Wildman–Crippen MR) is 95.3 cm³/mol. The van der Waals surface area contributed by atoms with Gasteiger partial charge in [-0.25, -0.2) is 8.42 Å². The van der Waals surface area contributed by atoms with Gasteiger partial charge in [0.25, 0.3) is 0 Å². The quantitative estimate of drug-likeness (QED) is 0.768. The van der Waals surface area contributed by atoms with Crippen LogP contribution in [0.15, 0.2) is 45.8 Å². The van der Waals surface area contributed by atoms with E-state index in [1.807, 2.05) is 37.3 Å². The number of hydrogen-bond acceptors (Lipinski definition) is 3. The standard InChI is InChI=1S/C17H20BrNO3S/c1-12-5-6-13(2)17(9-12)23(20,21)19(3)11-14-10-15(18)7-8-16(14)22-4/h5-10H,11H2,1-4H3. The van der Waals surface area contributed by atoms with Crippen LogP contribution in [0.25, 0.3) is 0 Å². The molecular weight excluding hydrogens is 378 g/mol. The normalized spacial score (nSPS) is 11.7. The average molecular weight is 398 g/mol. The fourth-order valence-corrected chi connectivity index (χ4v) is 4.21. The highest BCUT2D eigenvalue weighted by Crippen LogP contribution is 2.27. The minimum atomic E-state index is -3.57. The van der Waals surface area contributed by atoms with E-state index in [-0.39, 0.29) is 6.54 Å². The Labute approximate surface area is 146 Å². The SMILES string of the molecule is COc1ccc(Br)cc1CN(C)S(=O)(=O)c1cc(C)ccc1C. The first-order valence-corrected chi connectivity index (χ1v) is 9.35. The molecule has 0 amide bonds. The maximum absolute atomic E-state index is 12.9. The summed E-state index contributed by atoms with van der Waals surface area (Å²) >= 11 is 3.41. The van der Waals surface area contributed by atoms with Crippen molar-refractivity contribution < 1.29 is 13.2 Å². The molecule has 0 aromatic heterocycles. The molecule has 0 N–H and O–H groups in total. The lowest BCUT2D eigenvalue weighted by Gasteiger charge is -2.20. The van der Waals surface area contributed by atoms with Gasteiger partial charge in [-0.1, -0.05) is 28.1 Å². The number of sulfonamides is 1. The number of halogens is 1. The van der Waals surface area contributed by atoms with Crippen molar-refractivity contribution in [2.75, 3.05) is 14.2 Å². The monoisotopic (exact) mass is 397 g/mol. The van der Waals surface area contributed by atoms with Gasteiger partial charge in [-0.15, -0.1) is 0 Å². The molecule has 0 saturated heterocycles. The molecule has 2 rings (SSSR count). The largest absolute Gasteiger partial charge is 0.496 e. The topological polar surface area (TPSA) is 46.6 Å². The van der Waals surface area contributed by atoms with Gasteiger partial charge in [-0.3, -0.25) is 0 Å². The van der Waals surface area contributed by atoms with Crippen molar-refractivity contribution in [3.8, 4) is 5.75 Å². The van der Waals surface area contributed by atoms with Crippen LogP contribution in [0, 0.1) is 13.8 Å². The molecule has 124 valence electrons. The molecule has 0 aliphatic rings. The van der Waals surface area contributed by atoms with Crippen molar-refractivity contribution in [1.29, 1.82) is 0 Å². The Morgan fingerprint density at radius 3 is 2.48 bits per heavy atom. The Morgan fingerprint density at radius 1 is 1.13 bits per heavy atom. The molecule has 0 bridgehead atoms. The maximum Gasteiger partial charge on any atom is 0.243 e. The van der Waals surface area contributed by atoms with Gasteiger partial charge in [0.05, 0.1) is 12.0 Å². The van der Waals surface area contributed by atoms with Gasteiger partial charge < -0.3 is 4.74 Å². The summed E-state index contributed by atoms with van der Waals surface area (Å²) in [6.07, 6.45) is 0. The highest BCUT2D eigenvalue weighted by molar-refractivity contribution is 9.10. The Bertz CT molecular complexity index is 819. The molecule has 6 heteroatoms. The number of methoxy groups -OCH3 is 1. The number of rotatable bonds is 5. The van der Waals surface area contributed by atoms with Crippen LogP contribution in [-0.2, 0) is 16.6 Å². The second-order valence-electron chi connectivity index (χ2n) is 5.49. The van der Waals surface area contributed by atoms with E-state index in [0.717, 1.165) is 21.2 Å². The number of hydrogen-bond donors (Lipinski definition) is 0. The first kappa shape index (κ1) is 18.0. The highest BCUT2D eigenvalue weighted by Gasteiger charge is 2.24. The van der Waals surface area contributed by atoms with Crippen LogP contribution in [0.5, 0.6) is 5.75 Å². The van der Waals surface area contributed by atoms with Crippen molar-refractivity contribution >= 4 is 26.0 Å². The second kappa shape index (κ2) is 7.03. The van der Waals surface area contributed by atoms with Crippen LogP contribution in [0.4, 0.5) is 0 Å². The summed E-state index contributed by atoms with van der Waals surface area (Å²) in [5.41, 5.74) is 2.46. The third-order valence-corrected chi connectivity index (χ3v) is 6.11. The van der Waals surface area contributed by atoms with Crippen molar-refractivity contribution in [2.45, 2.75) is 25.3 Å². The van der Waals surface area contributed by atoms with E-state index in [2.05, 4.69) is 15.9 Å². The van der Waals surface area contributed by atoms with Crippen LogP contribution < -0.4 is 4.74 Å². The fourth-order valence-electron chi connectivity index (χ4n) is 2.35. The molecule has 2 aromatic carbocycles. The Hall–Kier alpha value is -1.37. The molecule has 0 atom stereocenters. The molecule has 4 nitrogen and oxygen atoms in total. The second-order valence-corrected chi connectivity index (χ2v) is 8.42. The molecule has 23 heavy (non-hydrogen) atoms. The lowest BCUT2D eigenvalue weighted by Crippen LogP contribution is -2.27. The van der Waals surface area contributed by atoms with Gasteiger partial charge in [0.2, 0.25) is 10.0 Å². The molecule has 0 unspecified atom stereocenters. The van der Waals surface area contributed by atoms with Gasteiger partial charge in [-0.2, -0.15) is 4.31 Å².